The average molecular weight is 319 g/mol. The SMILES string of the molecule is O=C(NCCn1c(=O)oc2ccccc21)NC[C@H]1CC[C@@H](O)C1. The maximum atomic E-state index is 11.8. The molecule has 2 amide bonds. The minimum Gasteiger partial charge on any atom is -0.408 e. The van der Waals surface area contributed by atoms with Crippen LogP contribution in [0.1, 0.15) is 19.3 Å². The molecule has 7 heteroatoms. The molecule has 23 heavy (non-hydrogen) atoms. The number of nitrogens with one attached hydrogen (secondary N) is 2. The van der Waals surface area contributed by atoms with Gasteiger partial charge >= 0.3 is 11.8 Å². The van der Waals surface area contributed by atoms with E-state index in [1.54, 1.807) is 12.1 Å². The van der Waals surface area contributed by atoms with Crippen LogP contribution in [0.2, 0.25) is 0 Å². The van der Waals surface area contributed by atoms with E-state index in [0.29, 0.717) is 31.1 Å². The van der Waals surface area contributed by atoms with Gasteiger partial charge in [0.15, 0.2) is 5.58 Å². The maximum Gasteiger partial charge on any atom is 0.420 e. The molecule has 1 fully saturated rings. The van der Waals surface area contributed by atoms with E-state index in [1.165, 1.54) is 4.57 Å². The summed E-state index contributed by atoms with van der Waals surface area (Å²) in [7, 11) is 0. The zero-order valence-electron chi connectivity index (χ0n) is 12.8. The molecule has 0 saturated heterocycles. The highest BCUT2D eigenvalue weighted by Crippen LogP contribution is 2.24. The van der Waals surface area contributed by atoms with Gasteiger partial charge in [-0.05, 0) is 37.3 Å². The van der Waals surface area contributed by atoms with Crippen LogP contribution in [-0.2, 0) is 6.54 Å². The van der Waals surface area contributed by atoms with Crippen LogP contribution in [0, 0.1) is 5.92 Å². The Morgan fingerprint density at radius 2 is 2.13 bits per heavy atom. The molecule has 7 nitrogen and oxygen atoms in total. The van der Waals surface area contributed by atoms with Gasteiger partial charge in [-0.25, -0.2) is 9.59 Å². The molecule has 124 valence electrons. The van der Waals surface area contributed by atoms with Crippen LogP contribution < -0.4 is 16.4 Å². The minimum atomic E-state index is -0.423. The van der Waals surface area contributed by atoms with Crippen LogP contribution >= 0.6 is 0 Å². The van der Waals surface area contributed by atoms with Gasteiger partial charge in [0.05, 0.1) is 11.6 Å². The molecule has 1 aromatic carbocycles. The van der Waals surface area contributed by atoms with Crippen molar-refractivity contribution in [2.24, 2.45) is 5.92 Å². The topological polar surface area (TPSA) is 96.5 Å². The quantitative estimate of drug-likeness (QED) is 0.767. The highest BCUT2D eigenvalue weighted by molar-refractivity contribution is 5.74. The number of hydrogen-bond acceptors (Lipinski definition) is 4. The molecular weight excluding hydrogens is 298 g/mol. The Balaban J connectivity index is 1.46. The highest BCUT2D eigenvalue weighted by Gasteiger charge is 2.22. The Morgan fingerprint density at radius 1 is 1.30 bits per heavy atom. The lowest BCUT2D eigenvalue weighted by Gasteiger charge is -2.12. The highest BCUT2D eigenvalue weighted by atomic mass is 16.4. The minimum absolute atomic E-state index is 0.230. The molecule has 3 rings (SSSR count). The van der Waals surface area contributed by atoms with Crippen molar-refractivity contribution in [1.29, 1.82) is 0 Å². The Kier molecular flexibility index (Phi) is 4.66. The molecule has 3 N–H and O–H groups in total. The largest absolute Gasteiger partial charge is 0.420 e. The van der Waals surface area contributed by atoms with Gasteiger partial charge in [-0.15, -0.1) is 0 Å². The Hall–Kier alpha value is -2.28. The molecule has 1 aliphatic carbocycles. The van der Waals surface area contributed by atoms with Crippen LogP contribution in [0.3, 0.4) is 0 Å². The number of hydrogen-bond donors (Lipinski definition) is 3. The number of carbonyl (C=O) groups excluding carboxylic acids is 1. The van der Waals surface area contributed by atoms with Gasteiger partial charge < -0.3 is 20.2 Å². The Bertz CT molecular complexity index is 736. The number of aliphatic hydroxyl groups excluding tert-OH is 1. The number of urea groups is 1. The molecule has 0 spiro atoms. The lowest BCUT2D eigenvalue weighted by molar-refractivity contribution is 0.177. The zero-order valence-corrected chi connectivity index (χ0v) is 12.8. The van der Waals surface area contributed by atoms with Crippen LogP contribution in [0.4, 0.5) is 4.79 Å². The zero-order chi connectivity index (χ0) is 16.2. The summed E-state index contributed by atoms with van der Waals surface area (Å²) in [6.45, 7) is 1.26. The molecule has 2 atom stereocenters. The molecule has 1 aliphatic rings. The smallest absolute Gasteiger partial charge is 0.408 e. The second kappa shape index (κ2) is 6.87. The number of aromatic nitrogens is 1. The van der Waals surface area contributed by atoms with Crippen molar-refractivity contribution in [1.82, 2.24) is 15.2 Å². The summed E-state index contributed by atoms with van der Waals surface area (Å²) in [5.74, 6) is -0.0791. The number of fused-ring (bicyclic) bond motifs is 1. The molecule has 0 unspecified atom stereocenters. The van der Waals surface area contributed by atoms with Crippen LogP contribution in [0.5, 0.6) is 0 Å². The van der Waals surface area contributed by atoms with Crippen molar-refractivity contribution in [3.8, 4) is 0 Å². The third-order valence-electron chi connectivity index (χ3n) is 4.26. The lowest BCUT2D eigenvalue weighted by atomic mass is 10.1. The first-order valence-electron chi connectivity index (χ1n) is 7.91. The summed E-state index contributed by atoms with van der Waals surface area (Å²) in [6.07, 6.45) is 2.27. The fraction of sp³-hybridized carbons (Fsp3) is 0.500. The van der Waals surface area contributed by atoms with Gasteiger partial charge in [0.2, 0.25) is 0 Å². The molecule has 1 saturated carbocycles. The number of benzene rings is 1. The number of aliphatic hydroxyl groups is 1. The van der Waals surface area contributed by atoms with Gasteiger partial charge in [-0.3, -0.25) is 4.57 Å². The first-order chi connectivity index (χ1) is 11.1. The fourth-order valence-electron chi connectivity index (χ4n) is 3.04. The van der Waals surface area contributed by atoms with Crippen molar-refractivity contribution < 1.29 is 14.3 Å². The Labute approximate surface area is 133 Å². The van der Waals surface area contributed by atoms with Crippen molar-refractivity contribution in [2.45, 2.75) is 31.9 Å². The van der Waals surface area contributed by atoms with E-state index in [1.807, 2.05) is 12.1 Å². The summed E-state index contributed by atoms with van der Waals surface area (Å²) in [4.78, 5) is 23.6. The van der Waals surface area contributed by atoms with E-state index in [2.05, 4.69) is 10.6 Å². The third-order valence-corrected chi connectivity index (χ3v) is 4.26. The predicted octanol–water partition coefficient (Wildman–Crippen LogP) is 1.05. The van der Waals surface area contributed by atoms with E-state index < -0.39 is 5.76 Å². The van der Waals surface area contributed by atoms with Crippen LogP contribution in [-0.4, -0.2) is 34.9 Å². The summed E-state index contributed by atoms with van der Waals surface area (Å²) in [6, 6.07) is 6.94. The van der Waals surface area contributed by atoms with Gasteiger partial charge in [0, 0.05) is 19.6 Å². The lowest BCUT2D eigenvalue weighted by Crippen LogP contribution is -2.39. The van der Waals surface area contributed by atoms with Crippen molar-refractivity contribution in [3.63, 3.8) is 0 Å². The van der Waals surface area contributed by atoms with Crippen molar-refractivity contribution in [2.75, 3.05) is 13.1 Å². The second-order valence-electron chi connectivity index (χ2n) is 5.96. The number of amides is 2. The first kappa shape index (κ1) is 15.6. The van der Waals surface area contributed by atoms with Gasteiger partial charge in [0.1, 0.15) is 0 Å². The molecule has 0 aliphatic heterocycles. The van der Waals surface area contributed by atoms with E-state index >= 15 is 0 Å². The molecule has 0 radical (unpaired) electrons. The average Bonchev–Trinajstić information content (AvgIpc) is 3.09. The summed E-state index contributed by atoms with van der Waals surface area (Å²) in [5.41, 5.74) is 1.27. The second-order valence-corrected chi connectivity index (χ2v) is 5.96. The number of para-hydroxylation sites is 2. The van der Waals surface area contributed by atoms with Crippen LogP contribution in [0.25, 0.3) is 11.1 Å². The standard InChI is InChI=1S/C16H21N3O4/c20-12-6-5-11(9-12)10-18-15(21)17-7-8-19-13-3-1-2-4-14(13)23-16(19)22/h1-4,11-12,20H,5-10H2,(H2,17,18,21)/t11-,12+/m0/s1. The van der Waals surface area contributed by atoms with E-state index in [4.69, 9.17) is 4.42 Å². The van der Waals surface area contributed by atoms with Crippen LogP contribution in [0.15, 0.2) is 33.5 Å². The number of oxazole rings is 1. The number of rotatable bonds is 5. The molecule has 1 heterocycles. The molecule has 0 bridgehead atoms. The van der Waals surface area contributed by atoms with Gasteiger partial charge in [0.25, 0.3) is 0 Å². The normalized spacial score (nSPS) is 20.7. The number of nitrogens with zero attached hydrogens (tertiary/aromatic N) is 1. The molecule has 2 aromatic rings. The monoisotopic (exact) mass is 319 g/mol. The van der Waals surface area contributed by atoms with E-state index in [9.17, 15) is 14.7 Å². The molecular formula is C16H21N3O4. The number of carbonyl (C=O) groups is 1. The third kappa shape index (κ3) is 3.73. The maximum absolute atomic E-state index is 11.8. The van der Waals surface area contributed by atoms with Crippen molar-refractivity contribution >= 4 is 17.1 Å². The summed E-state index contributed by atoms with van der Waals surface area (Å²) < 4.78 is 6.64. The van der Waals surface area contributed by atoms with E-state index in [-0.39, 0.29) is 12.1 Å². The summed E-state index contributed by atoms with van der Waals surface area (Å²) in [5, 5.41) is 15.0. The van der Waals surface area contributed by atoms with E-state index in [0.717, 1.165) is 24.8 Å². The van der Waals surface area contributed by atoms with Crippen molar-refractivity contribution in [3.05, 3.63) is 34.8 Å². The first-order valence-corrected chi connectivity index (χ1v) is 7.91. The summed E-state index contributed by atoms with van der Waals surface area (Å²) >= 11 is 0. The fourth-order valence-corrected chi connectivity index (χ4v) is 3.04. The molecule has 1 aromatic heterocycles. The van der Waals surface area contributed by atoms with Gasteiger partial charge in [-0.1, -0.05) is 12.1 Å². The Morgan fingerprint density at radius 3 is 2.91 bits per heavy atom. The predicted molar refractivity (Wildman–Crippen MR) is 85.2 cm³/mol. The van der Waals surface area contributed by atoms with Gasteiger partial charge in [-0.2, -0.15) is 0 Å².